The predicted molar refractivity (Wildman–Crippen MR) is 163 cm³/mol. The number of aliphatic hydroxyl groups is 1. The SMILES string of the molecule is CCOC(=O)C1=C(O)/C(=C/c2cn(Cc3ccccc3)c3c(CC)cccc23)SC1=Nc1ccc(OCC)cc1. The molecule has 2 heterocycles. The molecule has 6 nitrogen and oxygen atoms in total. The highest BCUT2D eigenvalue weighted by molar-refractivity contribution is 8.18. The van der Waals surface area contributed by atoms with E-state index in [2.05, 4.69) is 48.0 Å². The van der Waals surface area contributed by atoms with Crippen LogP contribution < -0.4 is 4.74 Å². The molecule has 1 aliphatic rings. The van der Waals surface area contributed by atoms with Crippen molar-refractivity contribution in [1.82, 2.24) is 4.57 Å². The topological polar surface area (TPSA) is 73.0 Å². The number of carbonyl (C=O) groups excluding carboxylic acids is 1. The summed E-state index contributed by atoms with van der Waals surface area (Å²) in [5.74, 6) is 0.0255. The molecule has 0 fully saturated rings. The molecule has 1 aromatic heterocycles. The summed E-state index contributed by atoms with van der Waals surface area (Å²) in [6.07, 6.45) is 4.95. The molecule has 0 unspecified atom stereocenters. The minimum atomic E-state index is -0.597. The van der Waals surface area contributed by atoms with Crippen molar-refractivity contribution in [3.05, 3.63) is 112 Å². The number of ether oxygens (including phenoxy) is 2. The van der Waals surface area contributed by atoms with E-state index in [1.165, 1.54) is 28.4 Å². The maximum Gasteiger partial charge on any atom is 0.344 e. The zero-order chi connectivity index (χ0) is 28.1. The molecule has 0 spiro atoms. The normalized spacial score (nSPS) is 15.4. The van der Waals surface area contributed by atoms with E-state index in [4.69, 9.17) is 14.5 Å². The number of esters is 1. The Labute approximate surface area is 238 Å². The fourth-order valence-corrected chi connectivity index (χ4v) is 5.83. The summed E-state index contributed by atoms with van der Waals surface area (Å²) >= 11 is 1.26. The van der Waals surface area contributed by atoms with Crippen LogP contribution in [-0.2, 0) is 22.5 Å². The fourth-order valence-electron chi connectivity index (χ4n) is 4.80. The van der Waals surface area contributed by atoms with Crippen LogP contribution in [0.25, 0.3) is 17.0 Å². The maximum absolute atomic E-state index is 12.9. The number of benzene rings is 3. The summed E-state index contributed by atoms with van der Waals surface area (Å²) < 4.78 is 13.1. The Hall–Kier alpha value is -4.23. The van der Waals surface area contributed by atoms with Gasteiger partial charge in [0.2, 0.25) is 0 Å². The molecule has 0 bridgehead atoms. The van der Waals surface area contributed by atoms with Gasteiger partial charge < -0.3 is 19.1 Å². The molecule has 1 N–H and O–H groups in total. The number of aryl methyl sites for hydroxylation is 1. The van der Waals surface area contributed by atoms with Crippen molar-refractivity contribution in [2.75, 3.05) is 13.2 Å². The molecule has 0 atom stereocenters. The summed E-state index contributed by atoms with van der Waals surface area (Å²) in [5, 5.41) is 12.8. The molecule has 5 rings (SSSR count). The van der Waals surface area contributed by atoms with Gasteiger partial charge in [-0.1, -0.05) is 67.2 Å². The number of thioether (sulfide) groups is 1. The zero-order valence-electron chi connectivity index (χ0n) is 22.9. The van der Waals surface area contributed by atoms with Crippen molar-refractivity contribution in [3.63, 3.8) is 0 Å². The molecule has 0 saturated heterocycles. The third kappa shape index (κ3) is 5.70. The van der Waals surface area contributed by atoms with Crippen LogP contribution in [0.4, 0.5) is 5.69 Å². The number of para-hydroxylation sites is 1. The van der Waals surface area contributed by atoms with Crippen molar-refractivity contribution in [1.29, 1.82) is 0 Å². The number of hydrogen-bond donors (Lipinski definition) is 1. The molecule has 1 aliphatic heterocycles. The minimum absolute atomic E-state index is 0.0780. The first kappa shape index (κ1) is 27.3. The molecule has 0 radical (unpaired) electrons. The standard InChI is InChI=1S/C33H32N2O4S/c1-4-23-13-10-14-27-24(21-35(30(23)27)20-22-11-8-7-9-12-22)19-28-31(36)29(33(37)39-6-3)32(40-28)34-25-15-17-26(18-16-25)38-5-2/h7-19,21,36H,4-6,20H2,1-3H3/b28-19-,34-32?. The Balaban J connectivity index is 1.58. The number of aliphatic imine (C=N–C) groups is 1. The van der Waals surface area contributed by atoms with Gasteiger partial charge in [0.25, 0.3) is 0 Å². The fraction of sp³-hybridized carbons (Fsp3) is 0.212. The van der Waals surface area contributed by atoms with E-state index in [9.17, 15) is 9.90 Å². The Morgan fingerprint density at radius 2 is 1.75 bits per heavy atom. The van der Waals surface area contributed by atoms with Crippen LogP contribution in [0.1, 0.15) is 37.5 Å². The van der Waals surface area contributed by atoms with Gasteiger partial charge in [-0.2, -0.15) is 0 Å². The predicted octanol–water partition coefficient (Wildman–Crippen LogP) is 7.84. The number of fused-ring (bicyclic) bond motifs is 1. The molecule has 0 amide bonds. The molecular weight excluding hydrogens is 520 g/mol. The summed E-state index contributed by atoms with van der Waals surface area (Å²) in [6, 6.07) is 24.0. The van der Waals surface area contributed by atoms with Crippen molar-refractivity contribution in [3.8, 4) is 5.75 Å². The summed E-state index contributed by atoms with van der Waals surface area (Å²) in [4.78, 5) is 18.2. The molecular formula is C33H32N2O4S. The highest BCUT2D eigenvalue weighted by Crippen LogP contribution is 2.41. The lowest BCUT2D eigenvalue weighted by Crippen LogP contribution is -2.12. The third-order valence-corrected chi connectivity index (χ3v) is 7.64. The van der Waals surface area contributed by atoms with Crippen LogP contribution in [0.2, 0.25) is 0 Å². The van der Waals surface area contributed by atoms with Crippen molar-refractivity contribution < 1.29 is 19.4 Å². The molecule has 3 aromatic carbocycles. The van der Waals surface area contributed by atoms with Crippen molar-refractivity contribution in [2.24, 2.45) is 4.99 Å². The van der Waals surface area contributed by atoms with E-state index in [1.807, 2.05) is 55.5 Å². The van der Waals surface area contributed by atoms with Gasteiger partial charge in [0.05, 0.1) is 29.3 Å². The van der Waals surface area contributed by atoms with Crippen LogP contribution in [0.3, 0.4) is 0 Å². The molecule has 4 aromatic rings. The second-order valence-corrected chi connectivity index (χ2v) is 10.3. The van der Waals surface area contributed by atoms with Gasteiger partial charge in [-0.25, -0.2) is 9.79 Å². The first-order valence-corrected chi connectivity index (χ1v) is 14.3. The number of aromatic nitrogens is 1. The summed E-state index contributed by atoms with van der Waals surface area (Å²) in [6.45, 7) is 7.32. The lowest BCUT2D eigenvalue weighted by molar-refractivity contribution is -0.138. The number of aliphatic hydroxyl groups excluding tert-OH is 1. The second kappa shape index (κ2) is 12.3. The lowest BCUT2D eigenvalue weighted by Gasteiger charge is -2.08. The lowest BCUT2D eigenvalue weighted by atomic mass is 10.1. The van der Waals surface area contributed by atoms with Gasteiger partial charge in [0.15, 0.2) is 0 Å². The van der Waals surface area contributed by atoms with E-state index >= 15 is 0 Å². The van der Waals surface area contributed by atoms with E-state index in [0.717, 1.165) is 29.7 Å². The van der Waals surface area contributed by atoms with Gasteiger partial charge in [-0.3, -0.25) is 0 Å². The second-order valence-electron chi connectivity index (χ2n) is 9.26. The molecule has 204 valence electrons. The Morgan fingerprint density at radius 1 is 0.975 bits per heavy atom. The van der Waals surface area contributed by atoms with Gasteiger partial charge >= 0.3 is 5.97 Å². The Kier molecular flexibility index (Phi) is 8.41. The number of nitrogens with zero attached hydrogens (tertiary/aromatic N) is 2. The summed E-state index contributed by atoms with van der Waals surface area (Å²) in [5.41, 5.74) is 5.31. The van der Waals surface area contributed by atoms with Gasteiger partial charge in [0, 0.05) is 23.7 Å². The summed E-state index contributed by atoms with van der Waals surface area (Å²) in [7, 11) is 0. The average Bonchev–Trinajstić information content (AvgIpc) is 3.47. The quantitative estimate of drug-likeness (QED) is 0.214. The number of rotatable bonds is 9. The van der Waals surface area contributed by atoms with Crippen LogP contribution >= 0.6 is 11.8 Å². The molecule has 7 heteroatoms. The minimum Gasteiger partial charge on any atom is -0.506 e. The number of carbonyl (C=O) groups is 1. The highest BCUT2D eigenvalue weighted by atomic mass is 32.2. The van der Waals surface area contributed by atoms with E-state index in [0.29, 0.717) is 22.2 Å². The van der Waals surface area contributed by atoms with E-state index in [1.54, 1.807) is 6.92 Å². The molecule has 0 aliphatic carbocycles. The maximum atomic E-state index is 12.9. The van der Waals surface area contributed by atoms with Gasteiger partial charge in [-0.15, -0.1) is 0 Å². The van der Waals surface area contributed by atoms with E-state index < -0.39 is 5.97 Å². The zero-order valence-corrected chi connectivity index (χ0v) is 23.7. The third-order valence-electron chi connectivity index (χ3n) is 6.62. The van der Waals surface area contributed by atoms with Crippen LogP contribution in [-0.4, -0.2) is 33.9 Å². The molecule has 0 saturated carbocycles. The largest absolute Gasteiger partial charge is 0.506 e. The van der Waals surface area contributed by atoms with Crippen LogP contribution in [0.15, 0.2) is 100 Å². The van der Waals surface area contributed by atoms with Crippen LogP contribution in [0.5, 0.6) is 5.75 Å². The Morgan fingerprint density at radius 3 is 2.45 bits per heavy atom. The van der Waals surface area contributed by atoms with E-state index in [-0.39, 0.29) is 17.9 Å². The highest BCUT2D eigenvalue weighted by Gasteiger charge is 2.33. The smallest absolute Gasteiger partial charge is 0.344 e. The number of hydrogen-bond acceptors (Lipinski definition) is 6. The van der Waals surface area contributed by atoms with Crippen molar-refractivity contribution in [2.45, 2.75) is 33.7 Å². The van der Waals surface area contributed by atoms with Gasteiger partial charge in [-0.05, 0) is 61.7 Å². The first-order valence-electron chi connectivity index (χ1n) is 13.5. The van der Waals surface area contributed by atoms with Crippen molar-refractivity contribution >= 4 is 45.4 Å². The first-order chi connectivity index (χ1) is 19.5. The van der Waals surface area contributed by atoms with Crippen LogP contribution in [0, 0.1) is 0 Å². The Bertz CT molecular complexity index is 1620. The molecule has 40 heavy (non-hydrogen) atoms. The van der Waals surface area contributed by atoms with Gasteiger partial charge in [0.1, 0.15) is 22.1 Å². The average molecular weight is 553 g/mol. The monoisotopic (exact) mass is 552 g/mol.